The van der Waals surface area contributed by atoms with E-state index < -0.39 is 5.60 Å². The summed E-state index contributed by atoms with van der Waals surface area (Å²) >= 11 is 0. The molecular formula is C18H31N5O2. The van der Waals surface area contributed by atoms with Gasteiger partial charge in [0.15, 0.2) is 0 Å². The van der Waals surface area contributed by atoms with Crippen LogP contribution in [0.1, 0.15) is 29.8 Å². The number of likely N-dealkylation sites (tertiary alicyclic amines) is 1. The highest BCUT2D eigenvalue weighted by Gasteiger charge is 2.39. The lowest BCUT2D eigenvalue weighted by molar-refractivity contribution is -0.131. The SMILES string of the molecule is Cc1n[nH]c(C)c1CCC(=O)N1CC[C@@](O)(CN2CCN(C)CC2)C1. The highest BCUT2D eigenvalue weighted by Crippen LogP contribution is 2.24. The molecule has 2 fully saturated rings. The molecule has 2 saturated heterocycles. The van der Waals surface area contributed by atoms with Crippen LogP contribution < -0.4 is 0 Å². The molecule has 0 radical (unpaired) electrons. The van der Waals surface area contributed by atoms with Gasteiger partial charge in [0.25, 0.3) is 0 Å². The number of nitrogens with one attached hydrogen (secondary N) is 1. The predicted molar refractivity (Wildman–Crippen MR) is 96.5 cm³/mol. The molecule has 2 N–H and O–H groups in total. The average molecular weight is 349 g/mol. The quantitative estimate of drug-likeness (QED) is 0.793. The van der Waals surface area contributed by atoms with Crippen molar-refractivity contribution in [2.75, 3.05) is 52.9 Å². The van der Waals surface area contributed by atoms with Gasteiger partial charge in [-0.25, -0.2) is 0 Å². The molecule has 7 heteroatoms. The zero-order valence-corrected chi connectivity index (χ0v) is 15.7. The molecule has 0 spiro atoms. The maximum atomic E-state index is 12.6. The van der Waals surface area contributed by atoms with Gasteiger partial charge in [0, 0.05) is 51.4 Å². The Balaban J connectivity index is 1.48. The van der Waals surface area contributed by atoms with Gasteiger partial charge < -0.3 is 14.9 Å². The number of aliphatic hydroxyl groups is 1. The number of rotatable bonds is 5. The molecule has 0 bridgehead atoms. The summed E-state index contributed by atoms with van der Waals surface area (Å²) in [7, 11) is 2.13. The van der Waals surface area contributed by atoms with Gasteiger partial charge >= 0.3 is 0 Å². The number of likely N-dealkylation sites (N-methyl/N-ethyl adjacent to an activating group) is 1. The fourth-order valence-electron chi connectivity index (χ4n) is 3.95. The first-order valence-corrected chi connectivity index (χ1v) is 9.28. The van der Waals surface area contributed by atoms with Crippen molar-refractivity contribution in [2.24, 2.45) is 0 Å². The number of aromatic amines is 1. The minimum absolute atomic E-state index is 0.134. The van der Waals surface area contributed by atoms with Crippen LogP contribution in [0.25, 0.3) is 0 Å². The molecule has 0 aliphatic carbocycles. The number of β-amino-alcohol motifs (C(OH)–C–C–N with tert-alkyl or cyclic N) is 1. The molecular weight excluding hydrogens is 318 g/mol. The lowest BCUT2D eigenvalue weighted by Gasteiger charge is -2.36. The summed E-state index contributed by atoms with van der Waals surface area (Å²) in [5, 5.41) is 18.1. The molecule has 140 valence electrons. The number of carbonyl (C=O) groups is 1. The largest absolute Gasteiger partial charge is 0.387 e. The average Bonchev–Trinajstić information content (AvgIpc) is 3.11. The Kier molecular flexibility index (Phi) is 5.46. The van der Waals surface area contributed by atoms with Gasteiger partial charge in [0.2, 0.25) is 5.91 Å². The summed E-state index contributed by atoms with van der Waals surface area (Å²) < 4.78 is 0. The van der Waals surface area contributed by atoms with Gasteiger partial charge in [0.05, 0.1) is 17.8 Å². The number of nitrogens with zero attached hydrogens (tertiary/aromatic N) is 4. The van der Waals surface area contributed by atoms with Crippen LogP contribution in [0.15, 0.2) is 0 Å². The lowest BCUT2D eigenvalue weighted by atomic mass is 10.0. The Labute approximate surface area is 150 Å². The van der Waals surface area contributed by atoms with E-state index in [1.165, 1.54) is 0 Å². The molecule has 0 saturated carbocycles. The van der Waals surface area contributed by atoms with E-state index in [0.29, 0.717) is 38.9 Å². The second-order valence-electron chi connectivity index (χ2n) is 7.78. The van der Waals surface area contributed by atoms with Crippen molar-refractivity contribution in [3.8, 4) is 0 Å². The van der Waals surface area contributed by atoms with Crippen LogP contribution in [-0.4, -0.2) is 94.4 Å². The highest BCUT2D eigenvalue weighted by molar-refractivity contribution is 5.77. The molecule has 2 aliphatic rings. The van der Waals surface area contributed by atoms with Crippen LogP contribution in [0.3, 0.4) is 0 Å². The molecule has 0 aromatic carbocycles. The Morgan fingerprint density at radius 1 is 1.24 bits per heavy atom. The highest BCUT2D eigenvalue weighted by atomic mass is 16.3. The molecule has 1 amide bonds. The van der Waals surface area contributed by atoms with Crippen LogP contribution in [0.4, 0.5) is 0 Å². The monoisotopic (exact) mass is 349 g/mol. The number of aromatic nitrogens is 2. The summed E-state index contributed by atoms with van der Waals surface area (Å²) in [5.74, 6) is 0.134. The summed E-state index contributed by atoms with van der Waals surface area (Å²) in [4.78, 5) is 19.0. The fourth-order valence-corrected chi connectivity index (χ4v) is 3.95. The first kappa shape index (κ1) is 18.4. The number of amides is 1. The Hall–Kier alpha value is -1.44. The summed E-state index contributed by atoms with van der Waals surface area (Å²) in [5.41, 5.74) is 2.39. The first-order valence-electron chi connectivity index (χ1n) is 9.28. The maximum absolute atomic E-state index is 12.6. The fraction of sp³-hybridized carbons (Fsp3) is 0.778. The van der Waals surface area contributed by atoms with E-state index in [1.54, 1.807) is 0 Å². The van der Waals surface area contributed by atoms with E-state index in [1.807, 2.05) is 18.7 Å². The van der Waals surface area contributed by atoms with E-state index in [9.17, 15) is 9.90 Å². The summed E-state index contributed by atoms with van der Waals surface area (Å²) in [6.45, 7) is 9.82. The first-order chi connectivity index (χ1) is 11.9. The molecule has 3 heterocycles. The molecule has 0 unspecified atom stereocenters. The Morgan fingerprint density at radius 2 is 1.96 bits per heavy atom. The lowest BCUT2D eigenvalue weighted by Crippen LogP contribution is -2.52. The molecule has 1 aromatic heterocycles. The van der Waals surface area contributed by atoms with Gasteiger partial charge in [-0.15, -0.1) is 0 Å². The second kappa shape index (κ2) is 7.43. The van der Waals surface area contributed by atoms with E-state index in [2.05, 4.69) is 27.0 Å². The van der Waals surface area contributed by atoms with Crippen molar-refractivity contribution in [2.45, 2.75) is 38.7 Å². The van der Waals surface area contributed by atoms with E-state index in [0.717, 1.165) is 43.1 Å². The summed E-state index contributed by atoms with van der Waals surface area (Å²) in [6.07, 6.45) is 1.86. The van der Waals surface area contributed by atoms with Crippen LogP contribution >= 0.6 is 0 Å². The van der Waals surface area contributed by atoms with Crippen molar-refractivity contribution in [1.82, 2.24) is 24.9 Å². The van der Waals surface area contributed by atoms with Crippen molar-refractivity contribution in [1.29, 1.82) is 0 Å². The van der Waals surface area contributed by atoms with Gasteiger partial charge in [0.1, 0.15) is 0 Å². The van der Waals surface area contributed by atoms with E-state index in [-0.39, 0.29) is 5.91 Å². The van der Waals surface area contributed by atoms with Crippen molar-refractivity contribution in [3.05, 3.63) is 17.0 Å². The van der Waals surface area contributed by atoms with Crippen LogP contribution in [0.2, 0.25) is 0 Å². The standard InChI is InChI=1S/C18H31N5O2/c1-14-16(15(2)20-19-14)4-5-17(24)23-7-6-18(25,13-23)12-22-10-8-21(3)9-11-22/h25H,4-13H2,1-3H3,(H,19,20)/t18-/m1/s1. The summed E-state index contributed by atoms with van der Waals surface area (Å²) in [6, 6.07) is 0. The van der Waals surface area contributed by atoms with Crippen LogP contribution in [-0.2, 0) is 11.2 Å². The minimum atomic E-state index is -0.757. The molecule has 25 heavy (non-hydrogen) atoms. The van der Waals surface area contributed by atoms with Crippen molar-refractivity contribution in [3.63, 3.8) is 0 Å². The molecule has 2 aliphatic heterocycles. The molecule has 3 rings (SSSR count). The second-order valence-corrected chi connectivity index (χ2v) is 7.78. The van der Waals surface area contributed by atoms with Gasteiger partial charge in [-0.2, -0.15) is 5.10 Å². The number of aryl methyl sites for hydroxylation is 2. The van der Waals surface area contributed by atoms with Crippen molar-refractivity contribution >= 4 is 5.91 Å². The molecule has 7 nitrogen and oxygen atoms in total. The number of piperazine rings is 1. The van der Waals surface area contributed by atoms with Crippen LogP contribution in [0.5, 0.6) is 0 Å². The minimum Gasteiger partial charge on any atom is -0.387 e. The van der Waals surface area contributed by atoms with Gasteiger partial charge in [-0.1, -0.05) is 0 Å². The van der Waals surface area contributed by atoms with E-state index >= 15 is 0 Å². The molecule has 1 aromatic rings. The van der Waals surface area contributed by atoms with Gasteiger partial charge in [-0.05, 0) is 39.3 Å². The number of hydrogen-bond acceptors (Lipinski definition) is 5. The smallest absolute Gasteiger partial charge is 0.223 e. The normalized spacial score (nSPS) is 25.7. The predicted octanol–water partition coefficient (Wildman–Crippen LogP) is 0.170. The third-order valence-electron chi connectivity index (χ3n) is 5.67. The number of carbonyl (C=O) groups excluding carboxylic acids is 1. The zero-order chi connectivity index (χ0) is 18.0. The number of H-pyrrole nitrogens is 1. The topological polar surface area (TPSA) is 75.7 Å². The van der Waals surface area contributed by atoms with E-state index in [4.69, 9.17) is 0 Å². The number of hydrogen-bond donors (Lipinski definition) is 2. The van der Waals surface area contributed by atoms with Crippen LogP contribution in [0, 0.1) is 13.8 Å². The molecule has 1 atom stereocenters. The zero-order valence-electron chi connectivity index (χ0n) is 15.7. The van der Waals surface area contributed by atoms with Gasteiger partial charge in [-0.3, -0.25) is 14.8 Å². The maximum Gasteiger partial charge on any atom is 0.223 e. The third kappa shape index (κ3) is 4.40. The Bertz CT molecular complexity index is 589. The van der Waals surface area contributed by atoms with Crippen molar-refractivity contribution < 1.29 is 9.90 Å². The third-order valence-corrected chi connectivity index (χ3v) is 5.67. The Morgan fingerprint density at radius 3 is 2.60 bits per heavy atom.